The lowest BCUT2D eigenvalue weighted by atomic mass is 10.2. The zero-order chi connectivity index (χ0) is 16.9. The summed E-state index contributed by atoms with van der Waals surface area (Å²) in [6.45, 7) is 0. The summed E-state index contributed by atoms with van der Waals surface area (Å²) in [4.78, 5) is 4.25. The first-order valence-corrected chi connectivity index (χ1v) is 8.69. The van der Waals surface area contributed by atoms with Gasteiger partial charge in [-0.25, -0.2) is 4.39 Å². The van der Waals surface area contributed by atoms with Gasteiger partial charge in [-0.1, -0.05) is 29.4 Å². The number of ether oxygens (including phenoxy) is 1. The Bertz CT molecular complexity index is 866. The van der Waals surface area contributed by atoms with Gasteiger partial charge in [0.25, 0.3) is 0 Å². The fourth-order valence-corrected chi connectivity index (χ4v) is 3.24. The number of nitrogens with zero attached hydrogens (tertiary/aromatic N) is 2. The molecule has 0 saturated carbocycles. The fourth-order valence-electron chi connectivity index (χ4n) is 2.19. The van der Waals surface area contributed by atoms with Crippen LogP contribution in [0.2, 0.25) is 0 Å². The molecule has 0 fully saturated rings. The number of hydrogen-bond acceptors (Lipinski definition) is 5. The molecule has 7 heteroatoms. The molecule has 0 spiro atoms. The quantitative estimate of drug-likeness (QED) is 0.685. The first-order chi connectivity index (χ1) is 11.6. The summed E-state index contributed by atoms with van der Waals surface area (Å²) in [5.41, 5.74) is 1.42. The maximum Gasteiger partial charge on any atom is 0.239 e. The largest absolute Gasteiger partial charge is 0.497 e. The van der Waals surface area contributed by atoms with E-state index in [4.69, 9.17) is 9.26 Å². The molecule has 0 aliphatic rings. The Hall–Kier alpha value is -2.54. The van der Waals surface area contributed by atoms with Crippen LogP contribution in [0.25, 0.3) is 11.4 Å². The van der Waals surface area contributed by atoms with E-state index in [2.05, 4.69) is 10.1 Å². The second-order valence-corrected chi connectivity index (χ2v) is 6.56. The normalized spacial score (nSPS) is 12.1. The first kappa shape index (κ1) is 16.3. The van der Waals surface area contributed by atoms with Crippen molar-refractivity contribution in [2.45, 2.75) is 11.5 Å². The van der Waals surface area contributed by atoms with Gasteiger partial charge in [-0.15, -0.1) is 0 Å². The average Bonchev–Trinajstić information content (AvgIpc) is 3.03. The van der Waals surface area contributed by atoms with Crippen LogP contribution in [-0.4, -0.2) is 21.5 Å². The highest BCUT2D eigenvalue weighted by atomic mass is 32.2. The van der Waals surface area contributed by atoms with Gasteiger partial charge in [0.2, 0.25) is 11.7 Å². The molecule has 0 amide bonds. The Morgan fingerprint density at radius 3 is 2.79 bits per heavy atom. The first-order valence-electron chi connectivity index (χ1n) is 7.20. The number of hydrogen-bond donors (Lipinski definition) is 0. The van der Waals surface area contributed by atoms with Crippen molar-refractivity contribution in [2.75, 3.05) is 7.11 Å². The Balaban J connectivity index is 1.68. The number of methoxy groups -OCH3 is 1. The molecule has 1 atom stereocenters. The van der Waals surface area contributed by atoms with Gasteiger partial charge in [-0.05, 0) is 29.8 Å². The van der Waals surface area contributed by atoms with Gasteiger partial charge in [-0.2, -0.15) is 4.98 Å². The van der Waals surface area contributed by atoms with Crippen molar-refractivity contribution in [3.63, 3.8) is 0 Å². The number of aromatic nitrogens is 2. The van der Waals surface area contributed by atoms with Crippen LogP contribution in [0.15, 0.2) is 53.1 Å². The second-order valence-electron chi connectivity index (χ2n) is 5.10. The zero-order valence-electron chi connectivity index (χ0n) is 12.9. The zero-order valence-corrected chi connectivity index (χ0v) is 13.8. The summed E-state index contributed by atoms with van der Waals surface area (Å²) < 4.78 is 35.6. The molecule has 24 heavy (non-hydrogen) atoms. The van der Waals surface area contributed by atoms with Crippen molar-refractivity contribution in [1.82, 2.24) is 10.1 Å². The van der Waals surface area contributed by atoms with E-state index in [9.17, 15) is 8.60 Å². The SMILES string of the molecule is COc1cccc(-c2noc(CS(=O)Cc3cccc(F)c3)n2)c1. The van der Waals surface area contributed by atoms with Crippen LogP contribution in [-0.2, 0) is 22.3 Å². The van der Waals surface area contributed by atoms with Crippen molar-refractivity contribution >= 4 is 10.8 Å². The van der Waals surface area contributed by atoms with Crippen LogP contribution in [0.5, 0.6) is 5.75 Å². The molecule has 1 heterocycles. The lowest BCUT2D eigenvalue weighted by Crippen LogP contribution is -2.00. The monoisotopic (exact) mass is 346 g/mol. The lowest BCUT2D eigenvalue weighted by molar-refractivity contribution is 0.390. The minimum atomic E-state index is -1.27. The average molecular weight is 346 g/mol. The highest BCUT2D eigenvalue weighted by Crippen LogP contribution is 2.21. The van der Waals surface area contributed by atoms with E-state index in [-0.39, 0.29) is 23.2 Å². The molecule has 1 unspecified atom stereocenters. The molecule has 2 aromatic carbocycles. The maximum atomic E-state index is 13.1. The number of benzene rings is 2. The molecule has 0 saturated heterocycles. The van der Waals surface area contributed by atoms with Gasteiger partial charge in [0, 0.05) is 22.1 Å². The smallest absolute Gasteiger partial charge is 0.239 e. The molecule has 0 radical (unpaired) electrons. The van der Waals surface area contributed by atoms with Crippen LogP contribution in [0, 0.1) is 5.82 Å². The number of rotatable bonds is 6. The molecular formula is C17H15FN2O3S. The predicted molar refractivity (Wildman–Crippen MR) is 88.2 cm³/mol. The van der Waals surface area contributed by atoms with Crippen LogP contribution in [0.1, 0.15) is 11.5 Å². The molecule has 0 bridgehead atoms. The second kappa shape index (κ2) is 7.35. The van der Waals surface area contributed by atoms with Gasteiger partial charge in [-0.3, -0.25) is 4.21 Å². The van der Waals surface area contributed by atoms with Crippen LogP contribution in [0.3, 0.4) is 0 Å². The van der Waals surface area contributed by atoms with E-state index in [1.54, 1.807) is 25.3 Å². The predicted octanol–water partition coefficient (Wildman–Crippen LogP) is 3.33. The summed E-state index contributed by atoms with van der Waals surface area (Å²) in [6.07, 6.45) is 0. The highest BCUT2D eigenvalue weighted by molar-refractivity contribution is 7.83. The summed E-state index contributed by atoms with van der Waals surface area (Å²) >= 11 is 0. The minimum Gasteiger partial charge on any atom is -0.497 e. The van der Waals surface area contributed by atoms with E-state index in [1.807, 2.05) is 18.2 Å². The molecule has 0 aliphatic carbocycles. The van der Waals surface area contributed by atoms with Gasteiger partial charge in [0.15, 0.2) is 0 Å². The third-order valence-electron chi connectivity index (χ3n) is 3.30. The summed E-state index contributed by atoms with van der Waals surface area (Å²) in [6, 6.07) is 13.3. The van der Waals surface area contributed by atoms with Crippen LogP contribution >= 0.6 is 0 Å². The molecule has 1 aromatic heterocycles. The van der Waals surface area contributed by atoms with Gasteiger partial charge in [0.05, 0.1) is 7.11 Å². The van der Waals surface area contributed by atoms with Gasteiger partial charge in [0.1, 0.15) is 17.3 Å². The van der Waals surface area contributed by atoms with Crippen molar-refractivity contribution in [2.24, 2.45) is 0 Å². The summed E-state index contributed by atoms with van der Waals surface area (Å²) in [5, 5.41) is 3.90. The molecule has 3 aromatic rings. The Kier molecular flexibility index (Phi) is 5.00. The lowest BCUT2D eigenvalue weighted by Gasteiger charge is -2.00. The van der Waals surface area contributed by atoms with Gasteiger partial charge >= 0.3 is 0 Å². The maximum absolute atomic E-state index is 13.1. The summed E-state index contributed by atoms with van der Waals surface area (Å²) in [5.74, 6) is 1.38. The van der Waals surface area contributed by atoms with E-state index < -0.39 is 10.8 Å². The van der Waals surface area contributed by atoms with E-state index >= 15 is 0 Å². The Labute approximate surface area is 140 Å². The van der Waals surface area contributed by atoms with Crippen molar-refractivity contribution in [1.29, 1.82) is 0 Å². The molecule has 124 valence electrons. The fraction of sp³-hybridized carbons (Fsp3) is 0.176. The Morgan fingerprint density at radius 2 is 2.00 bits per heavy atom. The summed E-state index contributed by atoms with van der Waals surface area (Å²) in [7, 11) is 0.313. The third kappa shape index (κ3) is 4.05. The van der Waals surface area contributed by atoms with Gasteiger partial charge < -0.3 is 9.26 Å². The highest BCUT2D eigenvalue weighted by Gasteiger charge is 2.13. The van der Waals surface area contributed by atoms with E-state index in [0.29, 0.717) is 17.1 Å². The molecule has 5 nitrogen and oxygen atoms in total. The molecule has 0 aliphatic heterocycles. The molecule has 3 rings (SSSR count). The topological polar surface area (TPSA) is 65.2 Å². The van der Waals surface area contributed by atoms with Crippen LogP contribution < -0.4 is 4.74 Å². The van der Waals surface area contributed by atoms with Crippen molar-refractivity contribution in [3.05, 3.63) is 65.8 Å². The number of halogens is 1. The van der Waals surface area contributed by atoms with E-state index in [1.165, 1.54) is 12.1 Å². The van der Waals surface area contributed by atoms with E-state index in [0.717, 1.165) is 5.56 Å². The standard InChI is InChI=1S/C17H15FN2O3S/c1-22-15-7-3-5-13(9-15)17-19-16(23-20-17)11-24(21)10-12-4-2-6-14(18)8-12/h2-9H,10-11H2,1H3. The van der Waals surface area contributed by atoms with Crippen molar-refractivity contribution < 1.29 is 17.9 Å². The molecular weight excluding hydrogens is 331 g/mol. The van der Waals surface area contributed by atoms with Crippen LogP contribution in [0.4, 0.5) is 4.39 Å². The minimum absolute atomic E-state index is 0.119. The Morgan fingerprint density at radius 1 is 1.17 bits per heavy atom. The third-order valence-corrected chi connectivity index (χ3v) is 4.52. The van der Waals surface area contributed by atoms with Crippen molar-refractivity contribution in [3.8, 4) is 17.1 Å². The molecule has 0 N–H and O–H groups in total.